The monoisotopic (exact) mass is 219 g/mol. The van der Waals surface area contributed by atoms with Crippen molar-refractivity contribution in [3.8, 4) is 0 Å². The maximum atomic E-state index is 11.7. The van der Waals surface area contributed by atoms with E-state index in [9.17, 15) is 4.79 Å². The number of hydrogen-bond acceptors (Lipinski definition) is 3. The maximum absolute atomic E-state index is 11.7. The van der Waals surface area contributed by atoms with E-state index in [1.165, 1.54) is 0 Å². The summed E-state index contributed by atoms with van der Waals surface area (Å²) < 4.78 is 0. The summed E-state index contributed by atoms with van der Waals surface area (Å²) in [4.78, 5) is 20.2. The first-order chi connectivity index (χ1) is 7.62. The zero-order chi connectivity index (χ0) is 11.6. The lowest BCUT2D eigenvalue weighted by atomic mass is 10.1. The maximum Gasteiger partial charge on any atom is 0.221 e. The van der Waals surface area contributed by atoms with Gasteiger partial charge in [-0.1, -0.05) is 13.8 Å². The predicted molar refractivity (Wildman–Crippen MR) is 60.5 cm³/mol. The number of carbonyl (C=O) groups is 1. The third-order valence-electron chi connectivity index (χ3n) is 2.72. The van der Waals surface area contributed by atoms with Crippen LogP contribution in [0.2, 0.25) is 0 Å². The van der Waals surface area contributed by atoms with Crippen LogP contribution in [0.1, 0.15) is 38.9 Å². The molecule has 0 aromatic carbocycles. The highest BCUT2D eigenvalue weighted by Crippen LogP contribution is 2.43. The second-order valence-corrected chi connectivity index (χ2v) is 4.80. The first kappa shape index (κ1) is 11.0. The van der Waals surface area contributed by atoms with E-state index in [0.29, 0.717) is 12.3 Å². The van der Waals surface area contributed by atoms with Crippen molar-refractivity contribution in [3.05, 3.63) is 24.3 Å². The van der Waals surface area contributed by atoms with E-state index in [4.69, 9.17) is 0 Å². The van der Waals surface area contributed by atoms with Crippen LogP contribution < -0.4 is 5.32 Å². The molecule has 0 atom stereocenters. The molecule has 1 amide bonds. The number of nitrogens with one attached hydrogen (secondary N) is 1. The van der Waals surface area contributed by atoms with Crippen molar-refractivity contribution in [1.82, 2.24) is 15.3 Å². The van der Waals surface area contributed by atoms with Gasteiger partial charge in [0.2, 0.25) is 5.91 Å². The summed E-state index contributed by atoms with van der Waals surface area (Å²) in [6, 6.07) is 1.79. The van der Waals surface area contributed by atoms with Crippen LogP contribution in [0.3, 0.4) is 0 Å². The summed E-state index contributed by atoms with van der Waals surface area (Å²) in [7, 11) is 0. The summed E-state index contributed by atoms with van der Waals surface area (Å²) in [5.41, 5.74) is -0.271. The van der Waals surface area contributed by atoms with Gasteiger partial charge in [0.15, 0.2) is 5.82 Å². The van der Waals surface area contributed by atoms with Crippen LogP contribution in [0.15, 0.2) is 18.5 Å². The van der Waals surface area contributed by atoms with Crippen molar-refractivity contribution in [2.75, 3.05) is 0 Å². The molecule has 0 radical (unpaired) electrons. The van der Waals surface area contributed by atoms with E-state index in [2.05, 4.69) is 15.3 Å². The van der Waals surface area contributed by atoms with E-state index >= 15 is 0 Å². The number of hydrogen-bond donors (Lipinski definition) is 1. The zero-order valence-corrected chi connectivity index (χ0v) is 9.73. The molecule has 2 rings (SSSR count). The third kappa shape index (κ3) is 2.38. The van der Waals surface area contributed by atoms with Gasteiger partial charge in [-0.2, -0.15) is 0 Å². The third-order valence-corrected chi connectivity index (χ3v) is 2.72. The van der Waals surface area contributed by atoms with Gasteiger partial charge in [-0.15, -0.1) is 0 Å². The van der Waals surface area contributed by atoms with E-state index in [1.807, 2.05) is 13.8 Å². The Balaban J connectivity index is 2.02. The minimum absolute atomic E-state index is 0.0972. The van der Waals surface area contributed by atoms with Crippen molar-refractivity contribution >= 4 is 5.91 Å². The Morgan fingerprint density at radius 1 is 1.44 bits per heavy atom. The Morgan fingerprint density at radius 3 is 2.56 bits per heavy atom. The number of rotatable bonds is 4. The Hall–Kier alpha value is -1.45. The van der Waals surface area contributed by atoms with Crippen LogP contribution in [0.25, 0.3) is 0 Å². The van der Waals surface area contributed by atoms with Gasteiger partial charge in [-0.3, -0.25) is 4.79 Å². The molecule has 1 aromatic rings. The lowest BCUT2D eigenvalue weighted by molar-refractivity contribution is -0.122. The Labute approximate surface area is 95.5 Å². The molecular weight excluding hydrogens is 202 g/mol. The van der Waals surface area contributed by atoms with E-state index in [0.717, 1.165) is 18.7 Å². The molecular formula is C12H17N3O. The normalized spacial score (nSPS) is 17.2. The highest BCUT2D eigenvalue weighted by molar-refractivity contribution is 5.77. The standard InChI is InChI=1S/C12H17N3O/c1-9(2)8-10(16)15-12(4-5-12)11-13-6-3-7-14-11/h3,6-7,9H,4-5,8H2,1-2H3,(H,15,16). The van der Waals surface area contributed by atoms with Crippen molar-refractivity contribution in [2.24, 2.45) is 5.92 Å². The first-order valence-electron chi connectivity index (χ1n) is 5.71. The van der Waals surface area contributed by atoms with Gasteiger partial charge in [0.05, 0.1) is 5.54 Å². The summed E-state index contributed by atoms with van der Waals surface area (Å²) in [5.74, 6) is 1.22. The largest absolute Gasteiger partial charge is 0.343 e. The minimum Gasteiger partial charge on any atom is -0.343 e. The highest BCUT2D eigenvalue weighted by Gasteiger charge is 2.48. The van der Waals surface area contributed by atoms with Crippen molar-refractivity contribution in [1.29, 1.82) is 0 Å². The average molecular weight is 219 g/mol. The Kier molecular flexibility index (Phi) is 2.90. The average Bonchev–Trinajstić information content (AvgIpc) is 2.99. The van der Waals surface area contributed by atoms with Crippen molar-refractivity contribution < 1.29 is 4.79 Å². The molecule has 0 aliphatic heterocycles. The van der Waals surface area contributed by atoms with Crippen LogP contribution in [0.4, 0.5) is 0 Å². The molecule has 86 valence electrons. The lowest BCUT2D eigenvalue weighted by Crippen LogP contribution is -2.36. The van der Waals surface area contributed by atoms with Gasteiger partial charge in [0, 0.05) is 18.8 Å². The minimum atomic E-state index is -0.271. The van der Waals surface area contributed by atoms with Crippen LogP contribution in [0, 0.1) is 5.92 Å². The second kappa shape index (κ2) is 4.20. The SMILES string of the molecule is CC(C)CC(=O)NC1(c2ncccn2)CC1. The Bertz CT molecular complexity index is 371. The summed E-state index contributed by atoms with van der Waals surface area (Å²) in [6.07, 6.45) is 5.89. The van der Waals surface area contributed by atoms with E-state index in [-0.39, 0.29) is 11.4 Å². The van der Waals surface area contributed by atoms with Gasteiger partial charge in [0.25, 0.3) is 0 Å². The first-order valence-corrected chi connectivity index (χ1v) is 5.71. The quantitative estimate of drug-likeness (QED) is 0.837. The van der Waals surface area contributed by atoms with Gasteiger partial charge in [0.1, 0.15) is 0 Å². The molecule has 1 N–H and O–H groups in total. The molecule has 0 saturated heterocycles. The smallest absolute Gasteiger partial charge is 0.221 e. The van der Waals surface area contributed by atoms with Gasteiger partial charge in [-0.25, -0.2) is 9.97 Å². The van der Waals surface area contributed by atoms with Crippen LogP contribution >= 0.6 is 0 Å². The molecule has 16 heavy (non-hydrogen) atoms. The molecule has 1 heterocycles. The summed E-state index contributed by atoms with van der Waals surface area (Å²) in [5, 5.41) is 3.05. The summed E-state index contributed by atoms with van der Waals surface area (Å²) >= 11 is 0. The number of carbonyl (C=O) groups excluding carboxylic acids is 1. The molecule has 1 aliphatic carbocycles. The second-order valence-electron chi connectivity index (χ2n) is 4.80. The van der Waals surface area contributed by atoms with E-state index in [1.54, 1.807) is 18.5 Å². The number of aromatic nitrogens is 2. The Morgan fingerprint density at radius 2 is 2.06 bits per heavy atom. The number of nitrogens with zero attached hydrogens (tertiary/aromatic N) is 2. The molecule has 4 heteroatoms. The summed E-state index contributed by atoms with van der Waals surface area (Å²) in [6.45, 7) is 4.08. The van der Waals surface area contributed by atoms with Gasteiger partial charge >= 0.3 is 0 Å². The lowest BCUT2D eigenvalue weighted by Gasteiger charge is -2.16. The molecule has 1 saturated carbocycles. The van der Waals surface area contributed by atoms with E-state index < -0.39 is 0 Å². The topological polar surface area (TPSA) is 54.9 Å². The molecule has 0 spiro atoms. The molecule has 0 bridgehead atoms. The van der Waals surface area contributed by atoms with Crippen LogP contribution in [-0.2, 0) is 10.3 Å². The fourth-order valence-electron chi connectivity index (χ4n) is 1.76. The number of amides is 1. The fourth-order valence-corrected chi connectivity index (χ4v) is 1.76. The van der Waals surface area contributed by atoms with Crippen LogP contribution in [0.5, 0.6) is 0 Å². The molecule has 1 aliphatic rings. The molecule has 4 nitrogen and oxygen atoms in total. The molecule has 1 aromatic heterocycles. The van der Waals surface area contributed by atoms with Crippen molar-refractivity contribution in [2.45, 2.75) is 38.6 Å². The van der Waals surface area contributed by atoms with Gasteiger partial charge in [-0.05, 0) is 24.8 Å². The van der Waals surface area contributed by atoms with Gasteiger partial charge < -0.3 is 5.32 Å². The fraction of sp³-hybridized carbons (Fsp3) is 0.583. The molecule has 1 fully saturated rings. The highest BCUT2D eigenvalue weighted by atomic mass is 16.1. The van der Waals surface area contributed by atoms with Crippen LogP contribution in [-0.4, -0.2) is 15.9 Å². The molecule has 0 unspecified atom stereocenters. The predicted octanol–water partition coefficient (Wildman–Crippen LogP) is 1.63. The van der Waals surface area contributed by atoms with Crippen molar-refractivity contribution in [3.63, 3.8) is 0 Å². The zero-order valence-electron chi connectivity index (χ0n) is 9.73.